The molecule has 130 valence electrons. The summed E-state index contributed by atoms with van der Waals surface area (Å²) in [6, 6.07) is 12.1. The minimum Gasteiger partial charge on any atom is -0.277 e. The van der Waals surface area contributed by atoms with Gasteiger partial charge in [-0.25, -0.2) is 8.42 Å². The molecule has 1 aliphatic carbocycles. The average Bonchev–Trinajstić information content (AvgIpc) is 3.04. The van der Waals surface area contributed by atoms with Crippen LogP contribution in [0.4, 0.5) is 5.69 Å². The molecule has 0 unspecified atom stereocenters. The Kier molecular flexibility index (Phi) is 4.51. The van der Waals surface area contributed by atoms with Crippen LogP contribution >= 0.6 is 0 Å². The molecule has 0 bridgehead atoms. The first-order valence-corrected chi connectivity index (χ1v) is 8.98. The number of nitro groups is 1. The van der Waals surface area contributed by atoms with Crippen LogP contribution in [0.15, 0.2) is 53.4 Å². The summed E-state index contributed by atoms with van der Waals surface area (Å²) < 4.78 is 24.3. The Labute approximate surface area is 144 Å². The van der Waals surface area contributed by atoms with Gasteiger partial charge >= 0.3 is 0 Å². The standard InChI is InChI=1S/C16H15N3O5S/c20-16(13-9-11-3-1-2-4-12(11)10-13)17-18-25(23,24)15-7-5-14(6-8-15)19(21)22/h1-8,13,18H,9-10H2,(H,17,20). The molecular weight excluding hydrogens is 346 g/mol. The van der Waals surface area contributed by atoms with E-state index in [-0.39, 0.29) is 16.5 Å². The van der Waals surface area contributed by atoms with E-state index in [9.17, 15) is 23.3 Å². The van der Waals surface area contributed by atoms with Crippen molar-refractivity contribution in [2.24, 2.45) is 5.92 Å². The summed E-state index contributed by atoms with van der Waals surface area (Å²) >= 11 is 0. The van der Waals surface area contributed by atoms with Crippen LogP contribution in [0.25, 0.3) is 0 Å². The molecule has 2 N–H and O–H groups in total. The number of rotatable bonds is 5. The lowest BCUT2D eigenvalue weighted by molar-refractivity contribution is -0.384. The van der Waals surface area contributed by atoms with Crippen LogP contribution in [0.1, 0.15) is 11.1 Å². The van der Waals surface area contributed by atoms with Gasteiger partial charge in [-0.15, -0.1) is 4.83 Å². The van der Waals surface area contributed by atoms with Gasteiger partial charge in [0.25, 0.3) is 15.7 Å². The highest BCUT2D eigenvalue weighted by atomic mass is 32.2. The van der Waals surface area contributed by atoms with Gasteiger partial charge in [-0.1, -0.05) is 24.3 Å². The lowest BCUT2D eigenvalue weighted by Crippen LogP contribution is -2.44. The molecule has 25 heavy (non-hydrogen) atoms. The van der Waals surface area contributed by atoms with Crippen molar-refractivity contribution in [3.63, 3.8) is 0 Å². The predicted molar refractivity (Wildman–Crippen MR) is 88.9 cm³/mol. The van der Waals surface area contributed by atoms with E-state index in [0.717, 1.165) is 35.4 Å². The monoisotopic (exact) mass is 361 g/mol. The van der Waals surface area contributed by atoms with E-state index in [2.05, 4.69) is 5.43 Å². The Morgan fingerprint density at radius 3 is 2.12 bits per heavy atom. The molecule has 1 amide bonds. The molecule has 0 aromatic heterocycles. The van der Waals surface area contributed by atoms with Gasteiger partial charge < -0.3 is 0 Å². The maximum atomic E-state index is 12.2. The Morgan fingerprint density at radius 1 is 1.04 bits per heavy atom. The molecule has 2 aromatic carbocycles. The molecule has 0 saturated carbocycles. The summed E-state index contributed by atoms with van der Waals surface area (Å²) in [5.41, 5.74) is 4.18. The number of carbonyl (C=O) groups excluding carboxylic acids is 1. The number of amides is 1. The summed E-state index contributed by atoms with van der Waals surface area (Å²) in [5.74, 6) is -0.751. The van der Waals surface area contributed by atoms with Crippen molar-refractivity contribution >= 4 is 21.6 Å². The molecule has 9 heteroatoms. The van der Waals surface area contributed by atoms with E-state index < -0.39 is 20.9 Å². The van der Waals surface area contributed by atoms with Crippen molar-refractivity contribution in [1.82, 2.24) is 10.3 Å². The van der Waals surface area contributed by atoms with Gasteiger partial charge in [0.1, 0.15) is 0 Å². The van der Waals surface area contributed by atoms with Crippen LogP contribution in [-0.2, 0) is 27.7 Å². The molecular formula is C16H15N3O5S. The maximum absolute atomic E-state index is 12.2. The number of sulfonamides is 1. The highest BCUT2D eigenvalue weighted by Gasteiger charge is 2.28. The fourth-order valence-electron chi connectivity index (χ4n) is 2.77. The van der Waals surface area contributed by atoms with Crippen molar-refractivity contribution < 1.29 is 18.1 Å². The first-order valence-electron chi connectivity index (χ1n) is 7.50. The third-order valence-corrected chi connectivity index (χ3v) is 5.35. The van der Waals surface area contributed by atoms with Crippen molar-refractivity contribution in [2.75, 3.05) is 0 Å². The number of hydrogen-bond donors (Lipinski definition) is 2. The summed E-state index contributed by atoms with van der Waals surface area (Å²) in [6.07, 6.45) is 1.11. The van der Waals surface area contributed by atoms with Crippen molar-refractivity contribution in [3.8, 4) is 0 Å². The highest BCUT2D eigenvalue weighted by molar-refractivity contribution is 7.89. The van der Waals surface area contributed by atoms with Gasteiger partial charge in [-0.05, 0) is 36.1 Å². The SMILES string of the molecule is O=C(NNS(=O)(=O)c1ccc([N+](=O)[O-])cc1)C1Cc2ccccc2C1. The molecule has 3 rings (SSSR count). The molecule has 0 saturated heterocycles. The zero-order chi connectivity index (χ0) is 18.0. The normalized spacial score (nSPS) is 14.1. The number of fused-ring (bicyclic) bond motifs is 1. The molecule has 2 aromatic rings. The van der Waals surface area contributed by atoms with E-state index >= 15 is 0 Å². The number of nitrogens with one attached hydrogen (secondary N) is 2. The summed E-state index contributed by atoms with van der Waals surface area (Å²) in [5, 5.41) is 10.6. The van der Waals surface area contributed by atoms with Gasteiger partial charge in [0, 0.05) is 18.1 Å². The second kappa shape index (κ2) is 6.61. The smallest absolute Gasteiger partial charge is 0.269 e. The first kappa shape index (κ1) is 17.1. The van der Waals surface area contributed by atoms with E-state index in [0.29, 0.717) is 12.8 Å². The second-order valence-electron chi connectivity index (χ2n) is 5.72. The van der Waals surface area contributed by atoms with Crippen LogP contribution in [0.3, 0.4) is 0 Å². The molecule has 0 radical (unpaired) electrons. The van der Waals surface area contributed by atoms with Gasteiger partial charge in [-0.2, -0.15) is 0 Å². The summed E-state index contributed by atoms with van der Waals surface area (Å²) in [4.78, 5) is 24.0. The fraction of sp³-hybridized carbons (Fsp3) is 0.188. The third-order valence-electron chi connectivity index (χ3n) is 4.09. The maximum Gasteiger partial charge on any atom is 0.269 e. The molecule has 0 spiro atoms. The van der Waals surface area contributed by atoms with Gasteiger partial charge in [0.15, 0.2) is 0 Å². The number of nitro benzene ring substituents is 1. The van der Waals surface area contributed by atoms with Crippen molar-refractivity contribution in [2.45, 2.75) is 17.7 Å². The van der Waals surface area contributed by atoms with Gasteiger partial charge in [-0.3, -0.25) is 20.3 Å². The van der Waals surface area contributed by atoms with Crippen molar-refractivity contribution in [3.05, 3.63) is 69.8 Å². The van der Waals surface area contributed by atoms with E-state index in [1.165, 1.54) is 0 Å². The zero-order valence-corrected chi connectivity index (χ0v) is 13.8. The third kappa shape index (κ3) is 3.67. The van der Waals surface area contributed by atoms with Gasteiger partial charge in [0.2, 0.25) is 5.91 Å². The second-order valence-corrected chi connectivity index (χ2v) is 7.40. The van der Waals surface area contributed by atoms with Crippen LogP contribution in [-0.4, -0.2) is 19.2 Å². The summed E-state index contributed by atoms with van der Waals surface area (Å²) in [7, 11) is -4.00. The van der Waals surface area contributed by atoms with Crippen LogP contribution < -0.4 is 10.3 Å². The Bertz CT molecular complexity index is 900. The molecule has 0 atom stereocenters. The number of benzene rings is 2. The van der Waals surface area contributed by atoms with E-state index in [4.69, 9.17) is 0 Å². The molecule has 0 heterocycles. The Morgan fingerprint density at radius 2 is 1.60 bits per heavy atom. The lowest BCUT2D eigenvalue weighted by Gasteiger charge is -2.12. The van der Waals surface area contributed by atoms with Crippen LogP contribution in [0, 0.1) is 16.0 Å². The van der Waals surface area contributed by atoms with Gasteiger partial charge in [0.05, 0.1) is 9.82 Å². The number of hydrogen-bond acceptors (Lipinski definition) is 5. The lowest BCUT2D eigenvalue weighted by atomic mass is 10.1. The largest absolute Gasteiger partial charge is 0.277 e. The molecule has 0 aliphatic heterocycles. The van der Waals surface area contributed by atoms with E-state index in [1.54, 1.807) is 0 Å². The molecule has 8 nitrogen and oxygen atoms in total. The van der Waals surface area contributed by atoms with Crippen LogP contribution in [0.2, 0.25) is 0 Å². The molecule has 0 fully saturated rings. The number of carbonyl (C=O) groups is 1. The topological polar surface area (TPSA) is 118 Å². The minimum absolute atomic E-state index is 0.173. The zero-order valence-electron chi connectivity index (χ0n) is 13.0. The number of nitrogens with zero attached hydrogens (tertiary/aromatic N) is 1. The summed E-state index contributed by atoms with van der Waals surface area (Å²) in [6.45, 7) is 0. The van der Waals surface area contributed by atoms with E-state index in [1.807, 2.05) is 29.1 Å². The fourth-order valence-corrected chi connectivity index (χ4v) is 3.62. The minimum atomic E-state index is -4.00. The average molecular weight is 361 g/mol. The first-order chi connectivity index (χ1) is 11.9. The number of hydrazine groups is 1. The quantitative estimate of drug-likeness (QED) is 0.615. The highest BCUT2D eigenvalue weighted by Crippen LogP contribution is 2.26. The Balaban J connectivity index is 1.62. The van der Waals surface area contributed by atoms with Crippen molar-refractivity contribution in [1.29, 1.82) is 0 Å². The molecule has 1 aliphatic rings. The number of non-ortho nitro benzene ring substituents is 1. The predicted octanol–water partition coefficient (Wildman–Crippen LogP) is 1.32. The Hall–Kier alpha value is -2.78. The van der Waals surface area contributed by atoms with Crippen LogP contribution in [0.5, 0.6) is 0 Å².